The molecule has 0 radical (unpaired) electrons. The number of ether oxygens (including phenoxy) is 3. The van der Waals surface area contributed by atoms with Crippen LogP contribution in [0, 0.1) is 5.92 Å². The number of esters is 3. The highest BCUT2D eigenvalue weighted by Gasteiger charge is 2.19. The molecule has 0 rings (SSSR count). The van der Waals surface area contributed by atoms with Gasteiger partial charge >= 0.3 is 17.9 Å². The highest BCUT2D eigenvalue weighted by Crippen LogP contribution is 2.17. The Balaban J connectivity index is 4.21. The average molecular weight is 849 g/mol. The van der Waals surface area contributed by atoms with Gasteiger partial charge in [0.25, 0.3) is 0 Å². The van der Waals surface area contributed by atoms with Crippen LogP contribution in [0.1, 0.15) is 304 Å². The molecule has 356 valence electrons. The number of hydrogen-bond donors (Lipinski definition) is 0. The van der Waals surface area contributed by atoms with Gasteiger partial charge in [0.1, 0.15) is 13.2 Å². The molecule has 0 aromatic rings. The second kappa shape index (κ2) is 48.4. The smallest absolute Gasteiger partial charge is 0.306 e. The zero-order valence-corrected chi connectivity index (χ0v) is 40.9. The molecule has 0 aromatic heterocycles. The molecule has 0 saturated heterocycles. The van der Waals surface area contributed by atoms with Crippen LogP contribution in [-0.2, 0) is 28.6 Å². The fraction of sp³-hybridized carbons (Fsp3) is 0.944. The maximum atomic E-state index is 12.8. The topological polar surface area (TPSA) is 78.9 Å². The van der Waals surface area contributed by atoms with E-state index in [2.05, 4.69) is 27.7 Å². The van der Waals surface area contributed by atoms with E-state index in [1.165, 1.54) is 199 Å². The third kappa shape index (κ3) is 47.5. The van der Waals surface area contributed by atoms with Gasteiger partial charge in [0.2, 0.25) is 0 Å². The monoisotopic (exact) mass is 849 g/mol. The zero-order chi connectivity index (χ0) is 43.8. The van der Waals surface area contributed by atoms with E-state index >= 15 is 0 Å². The van der Waals surface area contributed by atoms with Gasteiger partial charge in [-0.1, -0.05) is 265 Å². The Hall–Kier alpha value is -1.59. The molecule has 0 aliphatic heterocycles. The van der Waals surface area contributed by atoms with Crippen LogP contribution >= 0.6 is 0 Å². The normalized spacial score (nSPS) is 11.9. The van der Waals surface area contributed by atoms with Crippen LogP contribution in [0.4, 0.5) is 0 Å². The van der Waals surface area contributed by atoms with Crippen LogP contribution in [0.25, 0.3) is 0 Å². The molecule has 0 bridgehead atoms. The molecule has 0 aliphatic rings. The summed E-state index contributed by atoms with van der Waals surface area (Å²) in [5.74, 6) is -0.0842. The van der Waals surface area contributed by atoms with E-state index in [0.717, 1.165) is 63.7 Å². The predicted molar refractivity (Wildman–Crippen MR) is 257 cm³/mol. The van der Waals surface area contributed by atoms with Gasteiger partial charge in [0.15, 0.2) is 6.10 Å². The first-order valence-corrected chi connectivity index (χ1v) is 26.9. The number of unbranched alkanes of at least 4 members (excludes halogenated alkanes) is 36. The second-order valence-electron chi connectivity index (χ2n) is 19.0. The molecule has 6 nitrogen and oxygen atoms in total. The van der Waals surface area contributed by atoms with Crippen molar-refractivity contribution in [2.75, 3.05) is 13.2 Å². The van der Waals surface area contributed by atoms with Crippen molar-refractivity contribution in [3.63, 3.8) is 0 Å². The van der Waals surface area contributed by atoms with E-state index in [4.69, 9.17) is 14.2 Å². The standard InChI is InChI=1S/C54H104O6/c1-5-7-9-11-13-15-17-19-21-22-23-24-25-27-28-30-32-37-41-45-52(55)58-48-51(49-59-53(56)46-42-38-35-34-36-40-44-50(3)4)60-54(57)47-43-39-33-31-29-26-20-18-16-14-12-10-8-6-2/h50-51H,5-49H2,1-4H3/t51-/m1/s1. The van der Waals surface area contributed by atoms with Crippen molar-refractivity contribution >= 4 is 17.9 Å². The quantitative estimate of drug-likeness (QED) is 0.0345. The van der Waals surface area contributed by atoms with E-state index in [1.54, 1.807) is 0 Å². The first-order valence-electron chi connectivity index (χ1n) is 26.9. The Morgan fingerprint density at radius 3 is 0.817 bits per heavy atom. The minimum absolute atomic E-state index is 0.0634. The van der Waals surface area contributed by atoms with E-state index in [1.807, 2.05) is 0 Å². The highest BCUT2D eigenvalue weighted by molar-refractivity contribution is 5.71. The van der Waals surface area contributed by atoms with Crippen molar-refractivity contribution in [2.45, 2.75) is 310 Å². The van der Waals surface area contributed by atoms with Gasteiger partial charge in [0.05, 0.1) is 0 Å². The summed E-state index contributed by atoms with van der Waals surface area (Å²) in [6.45, 7) is 8.97. The molecule has 0 aliphatic carbocycles. The summed E-state index contributed by atoms with van der Waals surface area (Å²) in [6, 6.07) is 0. The van der Waals surface area contributed by atoms with Crippen molar-refractivity contribution in [2.24, 2.45) is 5.92 Å². The molecule has 0 N–H and O–H groups in total. The first kappa shape index (κ1) is 58.4. The molecule has 0 spiro atoms. The molecular weight excluding hydrogens is 745 g/mol. The maximum absolute atomic E-state index is 12.8. The van der Waals surface area contributed by atoms with Gasteiger partial charge in [-0.2, -0.15) is 0 Å². The number of rotatable bonds is 49. The van der Waals surface area contributed by atoms with Crippen molar-refractivity contribution in [3.8, 4) is 0 Å². The van der Waals surface area contributed by atoms with Gasteiger partial charge < -0.3 is 14.2 Å². The molecule has 0 fully saturated rings. The Labute approximate surface area is 374 Å². The van der Waals surface area contributed by atoms with Gasteiger partial charge in [-0.15, -0.1) is 0 Å². The van der Waals surface area contributed by atoms with Gasteiger partial charge in [-0.25, -0.2) is 0 Å². The summed E-state index contributed by atoms with van der Waals surface area (Å²) in [5, 5.41) is 0. The molecule has 0 heterocycles. The van der Waals surface area contributed by atoms with Crippen LogP contribution in [-0.4, -0.2) is 37.2 Å². The summed E-state index contributed by atoms with van der Waals surface area (Å²) in [5.41, 5.74) is 0. The lowest BCUT2D eigenvalue weighted by Gasteiger charge is -2.18. The van der Waals surface area contributed by atoms with Crippen LogP contribution in [0.2, 0.25) is 0 Å². The number of carbonyl (C=O) groups is 3. The van der Waals surface area contributed by atoms with Crippen LogP contribution in [0.15, 0.2) is 0 Å². The maximum Gasteiger partial charge on any atom is 0.306 e. The van der Waals surface area contributed by atoms with E-state index in [0.29, 0.717) is 19.3 Å². The Morgan fingerprint density at radius 1 is 0.317 bits per heavy atom. The first-order chi connectivity index (χ1) is 29.4. The fourth-order valence-corrected chi connectivity index (χ4v) is 8.22. The molecule has 0 aromatic carbocycles. The minimum Gasteiger partial charge on any atom is -0.462 e. The van der Waals surface area contributed by atoms with Gasteiger partial charge in [-0.05, 0) is 25.2 Å². The molecule has 1 atom stereocenters. The number of carbonyl (C=O) groups excluding carboxylic acids is 3. The van der Waals surface area contributed by atoms with Crippen molar-refractivity contribution < 1.29 is 28.6 Å². The van der Waals surface area contributed by atoms with Gasteiger partial charge in [-0.3, -0.25) is 14.4 Å². The van der Waals surface area contributed by atoms with Crippen molar-refractivity contribution in [3.05, 3.63) is 0 Å². The summed E-state index contributed by atoms with van der Waals surface area (Å²) >= 11 is 0. The Morgan fingerprint density at radius 2 is 0.550 bits per heavy atom. The largest absolute Gasteiger partial charge is 0.462 e. The molecule has 6 heteroatoms. The third-order valence-corrected chi connectivity index (χ3v) is 12.3. The van der Waals surface area contributed by atoms with E-state index in [9.17, 15) is 14.4 Å². The minimum atomic E-state index is -0.761. The number of hydrogen-bond acceptors (Lipinski definition) is 6. The lowest BCUT2D eigenvalue weighted by atomic mass is 10.0. The Kier molecular flexibility index (Phi) is 47.2. The van der Waals surface area contributed by atoms with Crippen LogP contribution in [0.5, 0.6) is 0 Å². The highest BCUT2D eigenvalue weighted by atomic mass is 16.6. The summed E-state index contributed by atoms with van der Waals surface area (Å²) in [6.07, 6.45) is 51.1. The lowest BCUT2D eigenvalue weighted by Crippen LogP contribution is -2.30. The van der Waals surface area contributed by atoms with E-state index in [-0.39, 0.29) is 31.1 Å². The predicted octanol–water partition coefficient (Wildman–Crippen LogP) is 17.5. The van der Waals surface area contributed by atoms with Crippen LogP contribution < -0.4 is 0 Å². The third-order valence-electron chi connectivity index (χ3n) is 12.3. The van der Waals surface area contributed by atoms with Crippen molar-refractivity contribution in [1.29, 1.82) is 0 Å². The molecule has 0 amide bonds. The summed E-state index contributed by atoms with van der Waals surface area (Å²) < 4.78 is 16.8. The summed E-state index contributed by atoms with van der Waals surface area (Å²) in [7, 11) is 0. The summed E-state index contributed by atoms with van der Waals surface area (Å²) in [4.78, 5) is 37.9. The lowest BCUT2D eigenvalue weighted by molar-refractivity contribution is -0.167. The van der Waals surface area contributed by atoms with Crippen LogP contribution in [0.3, 0.4) is 0 Å². The molecular formula is C54H104O6. The van der Waals surface area contributed by atoms with Gasteiger partial charge in [0, 0.05) is 19.3 Å². The molecule has 60 heavy (non-hydrogen) atoms. The van der Waals surface area contributed by atoms with E-state index < -0.39 is 6.10 Å². The second-order valence-corrected chi connectivity index (χ2v) is 19.0. The zero-order valence-electron chi connectivity index (χ0n) is 40.9. The average Bonchev–Trinajstić information content (AvgIpc) is 3.23. The SMILES string of the molecule is CCCCCCCCCCCCCCCCCCCCCC(=O)OC[C@H](COC(=O)CCCCCCCCC(C)C)OC(=O)CCCCCCCCCCCCCCCC. The molecule has 0 saturated carbocycles. The van der Waals surface area contributed by atoms with Crippen molar-refractivity contribution in [1.82, 2.24) is 0 Å². The fourth-order valence-electron chi connectivity index (χ4n) is 8.22. The Bertz CT molecular complexity index is 903. The molecule has 0 unspecified atom stereocenters.